The van der Waals surface area contributed by atoms with Gasteiger partial charge in [0.1, 0.15) is 0 Å². The SMILES string of the molecule is Cc1ccc(C)c(N(Cc2ccc(C(=O)NCCCOC3CCCC3)cc2)S(C)(=O)=O)c1. The molecule has 0 heterocycles. The lowest BCUT2D eigenvalue weighted by Gasteiger charge is -2.25. The Balaban J connectivity index is 1.56. The van der Waals surface area contributed by atoms with Gasteiger partial charge in [-0.25, -0.2) is 8.42 Å². The Kier molecular flexibility index (Phi) is 8.32. The first-order chi connectivity index (χ1) is 15.2. The highest BCUT2D eigenvalue weighted by Crippen LogP contribution is 2.26. The number of rotatable bonds is 10. The Morgan fingerprint density at radius 3 is 2.44 bits per heavy atom. The molecule has 2 aromatic rings. The molecular formula is C25H34N2O4S. The zero-order chi connectivity index (χ0) is 23.1. The van der Waals surface area contributed by atoms with Gasteiger partial charge in [0, 0.05) is 18.7 Å². The summed E-state index contributed by atoms with van der Waals surface area (Å²) in [5.74, 6) is -0.132. The number of hydrogen-bond acceptors (Lipinski definition) is 4. The van der Waals surface area contributed by atoms with Crippen molar-refractivity contribution in [3.63, 3.8) is 0 Å². The first kappa shape index (κ1) is 24.3. The van der Waals surface area contributed by atoms with Crippen LogP contribution < -0.4 is 9.62 Å². The van der Waals surface area contributed by atoms with Crippen LogP contribution in [0, 0.1) is 13.8 Å². The number of ether oxygens (including phenoxy) is 1. The third-order valence-corrected chi connectivity index (χ3v) is 6.96. The molecule has 1 aliphatic rings. The van der Waals surface area contributed by atoms with Crippen LogP contribution in [0.4, 0.5) is 5.69 Å². The Morgan fingerprint density at radius 1 is 1.09 bits per heavy atom. The summed E-state index contributed by atoms with van der Waals surface area (Å²) in [6.45, 7) is 5.30. The minimum Gasteiger partial charge on any atom is -0.378 e. The second-order valence-corrected chi connectivity index (χ2v) is 10.6. The number of amides is 1. The maximum atomic E-state index is 12.5. The van der Waals surface area contributed by atoms with Gasteiger partial charge in [-0.1, -0.05) is 37.1 Å². The van der Waals surface area contributed by atoms with Crippen LogP contribution in [0.25, 0.3) is 0 Å². The predicted molar refractivity (Wildman–Crippen MR) is 129 cm³/mol. The van der Waals surface area contributed by atoms with E-state index >= 15 is 0 Å². The van der Waals surface area contributed by atoms with Crippen molar-refractivity contribution in [1.82, 2.24) is 5.32 Å². The second-order valence-electron chi connectivity index (χ2n) is 8.64. The van der Waals surface area contributed by atoms with Gasteiger partial charge in [-0.2, -0.15) is 0 Å². The van der Waals surface area contributed by atoms with Crippen molar-refractivity contribution >= 4 is 21.6 Å². The third-order valence-electron chi connectivity index (χ3n) is 5.84. The van der Waals surface area contributed by atoms with E-state index in [-0.39, 0.29) is 12.5 Å². The van der Waals surface area contributed by atoms with E-state index in [0.717, 1.165) is 36.0 Å². The standard InChI is InChI=1S/C25H34N2O4S/c1-19-9-10-20(2)24(17-19)27(32(3,29)30)18-21-11-13-22(14-12-21)25(28)26-15-6-16-31-23-7-4-5-8-23/h9-14,17,23H,4-8,15-16,18H2,1-3H3,(H,26,28). The van der Waals surface area contributed by atoms with Gasteiger partial charge in [-0.3, -0.25) is 9.10 Å². The normalized spacial score (nSPS) is 14.5. The molecule has 32 heavy (non-hydrogen) atoms. The summed E-state index contributed by atoms with van der Waals surface area (Å²) in [5.41, 5.74) is 3.95. The summed E-state index contributed by atoms with van der Waals surface area (Å²) in [7, 11) is -3.46. The predicted octanol–water partition coefficient (Wildman–Crippen LogP) is 4.35. The van der Waals surface area contributed by atoms with Crippen LogP contribution in [-0.4, -0.2) is 39.8 Å². The first-order valence-corrected chi connectivity index (χ1v) is 13.1. The van der Waals surface area contributed by atoms with E-state index in [0.29, 0.717) is 30.5 Å². The molecule has 1 aliphatic carbocycles. The Morgan fingerprint density at radius 2 is 1.78 bits per heavy atom. The molecule has 0 saturated heterocycles. The molecule has 174 valence electrons. The number of hydrogen-bond donors (Lipinski definition) is 1. The maximum Gasteiger partial charge on any atom is 0.251 e. The van der Waals surface area contributed by atoms with Crippen molar-refractivity contribution in [3.05, 3.63) is 64.7 Å². The lowest BCUT2D eigenvalue weighted by atomic mass is 10.1. The van der Waals surface area contributed by atoms with Crippen LogP contribution in [0.1, 0.15) is 59.2 Å². The largest absolute Gasteiger partial charge is 0.378 e. The summed E-state index contributed by atoms with van der Waals surface area (Å²) in [6, 6.07) is 12.9. The summed E-state index contributed by atoms with van der Waals surface area (Å²) in [6.07, 6.45) is 7.21. The van der Waals surface area contributed by atoms with E-state index in [9.17, 15) is 13.2 Å². The van der Waals surface area contributed by atoms with Crippen molar-refractivity contribution in [3.8, 4) is 0 Å². The van der Waals surface area contributed by atoms with E-state index in [4.69, 9.17) is 4.74 Å². The van der Waals surface area contributed by atoms with Gasteiger partial charge >= 0.3 is 0 Å². The minimum absolute atomic E-state index is 0.132. The average molecular weight is 459 g/mol. The summed E-state index contributed by atoms with van der Waals surface area (Å²) < 4.78 is 32.2. The van der Waals surface area contributed by atoms with Crippen LogP contribution in [0.3, 0.4) is 0 Å². The molecule has 0 spiro atoms. The molecule has 7 heteroatoms. The highest BCUT2D eigenvalue weighted by Gasteiger charge is 2.20. The lowest BCUT2D eigenvalue weighted by Crippen LogP contribution is -2.30. The van der Waals surface area contributed by atoms with Crippen molar-refractivity contribution < 1.29 is 17.9 Å². The van der Waals surface area contributed by atoms with E-state index in [1.54, 1.807) is 24.3 Å². The number of nitrogens with one attached hydrogen (secondary N) is 1. The van der Waals surface area contributed by atoms with Crippen molar-refractivity contribution in [2.75, 3.05) is 23.7 Å². The molecule has 0 aliphatic heterocycles. The van der Waals surface area contributed by atoms with Crippen LogP contribution in [0.5, 0.6) is 0 Å². The summed E-state index contributed by atoms with van der Waals surface area (Å²) in [4.78, 5) is 12.4. The van der Waals surface area contributed by atoms with E-state index in [1.165, 1.54) is 23.4 Å². The number of carbonyl (C=O) groups excluding carboxylic acids is 1. The molecule has 1 saturated carbocycles. The van der Waals surface area contributed by atoms with Gasteiger partial charge in [-0.15, -0.1) is 0 Å². The maximum absolute atomic E-state index is 12.5. The molecule has 0 atom stereocenters. The summed E-state index contributed by atoms with van der Waals surface area (Å²) >= 11 is 0. The highest BCUT2D eigenvalue weighted by atomic mass is 32.2. The number of benzene rings is 2. The number of carbonyl (C=O) groups is 1. The van der Waals surface area contributed by atoms with Gasteiger partial charge in [0.05, 0.1) is 24.6 Å². The van der Waals surface area contributed by atoms with E-state index in [1.807, 2.05) is 32.0 Å². The summed E-state index contributed by atoms with van der Waals surface area (Å²) in [5, 5.41) is 2.92. The zero-order valence-corrected chi connectivity index (χ0v) is 20.1. The molecule has 1 N–H and O–H groups in total. The molecule has 2 aromatic carbocycles. The first-order valence-electron chi connectivity index (χ1n) is 11.3. The fourth-order valence-electron chi connectivity index (χ4n) is 3.98. The lowest BCUT2D eigenvalue weighted by molar-refractivity contribution is 0.0565. The number of nitrogens with zero attached hydrogens (tertiary/aromatic N) is 1. The van der Waals surface area contributed by atoms with Gasteiger partial charge in [-0.05, 0) is 68.0 Å². The molecule has 6 nitrogen and oxygen atoms in total. The number of aryl methyl sites for hydroxylation is 2. The molecule has 0 bridgehead atoms. The molecular weight excluding hydrogens is 424 g/mol. The molecule has 0 aromatic heterocycles. The van der Waals surface area contributed by atoms with Gasteiger partial charge in [0.15, 0.2) is 0 Å². The van der Waals surface area contributed by atoms with Crippen molar-refractivity contribution in [1.29, 1.82) is 0 Å². The molecule has 1 amide bonds. The molecule has 3 rings (SSSR count). The fourth-order valence-corrected chi connectivity index (χ4v) is 4.92. The fraction of sp³-hybridized carbons (Fsp3) is 0.480. The van der Waals surface area contributed by atoms with Crippen LogP contribution >= 0.6 is 0 Å². The van der Waals surface area contributed by atoms with Gasteiger partial charge in [0.25, 0.3) is 5.91 Å². The van der Waals surface area contributed by atoms with Crippen molar-refractivity contribution in [2.24, 2.45) is 0 Å². The second kappa shape index (κ2) is 11.0. The Labute approximate surface area is 192 Å². The van der Waals surface area contributed by atoms with Gasteiger partial charge < -0.3 is 10.1 Å². The van der Waals surface area contributed by atoms with Crippen LogP contribution in [0.15, 0.2) is 42.5 Å². The Bertz CT molecular complexity index is 1010. The zero-order valence-electron chi connectivity index (χ0n) is 19.3. The monoisotopic (exact) mass is 458 g/mol. The molecule has 1 fully saturated rings. The Hall–Kier alpha value is -2.38. The number of anilines is 1. The van der Waals surface area contributed by atoms with Crippen LogP contribution in [-0.2, 0) is 21.3 Å². The van der Waals surface area contributed by atoms with Crippen LogP contribution in [0.2, 0.25) is 0 Å². The highest BCUT2D eigenvalue weighted by molar-refractivity contribution is 7.92. The van der Waals surface area contributed by atoms with E-state index < -0.39 is 10.0 Å². The topological polar surface area (TPSA) is 75.7 Å². The number of sulfonamides is 1. The molecule has 0 radical (unpaired) electrons. The van der Waals surface area contributed by atoms with Gasteiger partial charge in [0.2, 0.25) is 10.0 Å². The van der Waals surface area contributed by atoms with E-state index in [2.05, 4.69) is 5.32 Å². The molecule has 0 unspecified atom stereocenters. The minimum atomic E-state index is -3.46. The van der Waals surface area contributed by atoms with Crippen molar-refractivity contribution in [2.45, 2.75) is 58.6 Å². The average Bonchev–Trinajstić information content (AvgIpc) is 3.27. The quantitative estimate of drug-likeness (QED) is 0.537. The smallest absolute Gasteiger partial charge is 0.251 e. The third kappa shape index (κ3) is 6.81.